The molecule has 6 nitrogen and oxygen atoms in total. The molecule has 21 heavy (non-hydrogen) atoms. The number of hydrogen-bond donors (Lipinski definition) is 2. The van der Waals surface area contributed by atoms with Crippen molar-refractivity contribution in [3.63, 3.8) is 0 Å². The van der Waals surface area contributed by atoms with Crippen LogP contribution in [-0.2, 0) is 13.1 Å². The third kappa shape index (κ3) is 6.11. The highest BCUT2D eigenvalue weighted by Crippen LogP contribution is 2.16. The zero-order valence-electron chi connectivity index (χ0n) is 13.9. The molecule has 1 heterocycles. The molecule has 0 saturated heterocycles. The van der Waals surface area contributed by atoms with Gasteiger partial charge in [0, 0.05) is 38.5 Å². The fourth-order valence-electron chi connectivity index (χ4n) is 2.71. The Morgan fingerprint density at radius 2 is 2.05 bits per heavy atom. The Balaban J connectivity index is 2.41. The second-order valence-corrected chi connectivity index (χ2v) is 5.79. The van der Waals surface area contributed by atoms with Gasteiger partial charge in [-0.25, -0.2) is 0 Å². The first kappa shape index (κ1) is 18.1. The number of aliphatic hydroxyl groups is 1. The Morgan fingerprint density at radius 3 is 2.62 bits per heavy atom. The molecule has 6 heteroatoms. The van der Waals surface area contributed by atoms with Crippen LogP contribution in [0.4, 0.5) is 0 Å². The SMILES string of the molecule is CCC(CC)C(CNCc1cn(CCCO)nn1)N(C)C. The summed E-state index contributed by atoms with van der Waals surface area (Å²) in [6.45, 7) is 7.13. The highest BCUT2D eigenvalue weighted by Gasteiger charge is 2.20. The van der Waals surface area contributed by atoms with Gasteiger partial charge in [-0.3, -0.25) is 4.68 Å². The topological polar surface area (TPSA) is 66.2 Å². The largest absolute Gasteiger partial charge is 0.396 e. The van der Waals surface area contributed by atoms with Gasteiger partial charge < -0.3 is 15.3 Å². The third-order valence-corrected chi connectivity index (χ3v) is 4.05. The molecule has 2 N–H and O–H groups in total. The number of nitrogens with zero attached hydrogens (tertiary/aromatic N) is 4. The summed E-state index contributed by atoms with van der Waals surface area (Å²) in [5, 5.41) is 20.5. The summed E-state index contributed by atoms with van der Waals surface area (Å²) >= 11 is 0. The standard InChI is InChI=1S/C15H31N5O/c1-5-13(6-2)15(19(3)4)11-16-10-14-12-20(18-17-14)8-7-9-21/h12-13,15-16,21H,5-11H2,1-4H3. The molecule has 0 fully saturated rings. The molecular formula is C15H31N5O. The highest BCUT2D eigenvalue weighted by molar-refractivity contribution is 4.92. The molecule has 1 unspecified atom stereocenters. The predicted molar refractivity (Wildman–Crippen MR) is 85.0 cm³/mol. The molecule has 0 amide bonds. The number of hydrogen-bond acceptors (Lipinski definition) is 5. The number of nitrogens with one attached hydrogen (secondary N) is 1. The van der Waals surface area contributed by atoms with Crippen molar-refractivity contribution in [1.82, 2.24) is 25.2 Å². The van der Waals surface area contributed by atoms with Crippen molar-refractivity contribution in [3.8, 4) is 0 Å². The molecule has 0 aliphatic carbocycles. The fourth-order valence-corrected chi connectivity index (χ4v) is 2.71. The third-order valence-electron chi connectivity index (χ3n) is 4.05. The number of rotatable bonds is 11. The maximum absolute atomic E-state index is 8.81. The zero-order valence-corrected chi connectivity index (χ0v) is 13.9. The predicted octanol–water partition coefficient (Wildman–Crippen LogP) is 1.12. The van der Waals surface area contributed by atoms with E-state index in [1.54, 1.807) is 4.68 Å². The number of aliphatic hydroxyl groups excluding tert-OH is 1. The minimum atomic E-state index is 0.188. The summed E-state index contributed by atoms with van der Waals surface area (Å²) in [5.41, 5.74) is 0.954. The first-order valence-corrected chi connectivity index (χ1v) is 7.99. The van der Waals surface area contributed by atoms with Crippen LogP contribution in [-0.4, -0.2) is 58.3 Å². The molecule has 1 atom stereocenters. The zero-order chi connectivity index (χ0) is 15.7. The number of likely N-dealkylation sites (N-methyl/N-ethyl adjacent to an activating group) is 1. The summed E-state index contributed by atoms with van der Waals surface area (Å²) < 4.78 is 1.79. The normalized spacial score (nSPS) is 13.3. The molecule has 1 rings (SSSR count). The van der Waals surface area contributed by atoms with Crippen LogP contribution in [0.3, 0.4) is 0 Å². The monoisotopic (exact) mass is 297 g/mol. The maximum atomic E-state index is 8.81. The second-order valence-electron chi connectivity index (χ2n) is 5.79. The van der Waals surface area contributed by atoms with Crippen LogP contribution in [0.15, 0.2) is 6.20 Å². The van der Waals surface area contributed by atoms with Gasteiger partial charge in [0.25, 0.3) is 0 Å². The van der Waals surface area contributed by atoms with Crippen LogP contribution < -0.4 is 5.32 Å². The Morgan fingerprint density at radius 1 is 1.33 bits per heavy atom. The van der Waals surface area contributed by atoms with E-state index in [1.165, 1.54) is 12.8 Å². The van der Waals surface area contributed by atoms with Crippen molar-refractivity contribution < 1.29 is 5.11 Å². The van der Waals surface area contributed by atoms with Gasteiger partial charge in [-0.2, -0.15) is 0 Å². The number of aromatic nitrogens is 3. The van der Waals surface area contributed by atoms with E-state index >= 15 is 0 Å². The minimum absolute atomic E-state index is 0.188. The Labute approximate surface area is 128 Å². The number of aryl methyl sites for hydroxylation is 1. The molecule has 1 aromatic rings. The van der Waals surface area contributed by atoms with E-state index in [9.17, 15) is 0 Å². The molecule has 0 spiro atoms. The van der Waals surface area contributed by atoms with Gasteiger partial charge in [-0.05, 0) is 26.4 Å². The van der Waals surface area contributed by atoms with Gasteiger partial charge >= 0.3 is 0 Å². The van der Waals surface area contributed by atoms with Crippen LogP contribution >= 0.6 is 0 Å². The lowest BCUT2D eigenvalue weighted by atomic mass is 9.93. The van der Waals surface area contributed by atoms with Crippen LogP contribution in [0.5, 0.6) is 0 Å². The summed E-state index contributed by atoms with van der Waals surface area (Å²) in [6, 6.07) is 0.546. The van der Waals surface area contributed by atoms with Gasteiger partial charge in [-0.1, -0.05) is 31.9 Å². The maximum Gasteiger partial charge on any atom is 0.0964 e. The quantitative estimate of drug-likeness (QED) is 0.641. The van der Waals surface area contributed by atoms with Crippen LogP contribution in [0.1, 0.15) is 38.8 Å². The molecule has 0 aliphatic rings. The highest BCUT2D eigenvalue weighted by atomic mass is 16.3. The molecule has 122 valence electrons. The van der Waals surface area contributed by atoms with E-state index in [0.717, 1.165) is 25.3 Å². The van der Waals surface area contributed by atoms with Crippen molar-refractivity contribution in [2.45, 2.75) is 52.2 Å². The van der Waals surface area contributed by atoms with Crippen LogP contribution in [0.25, 0.3) is 0 Å². The molecule has 0 aromatic carbocycles. The molecule has 0 saturated carbocycles. The summed E-state index contributed by atoms with van der Waals surface area (Å²) in [4.78, 5) is 2.31. The average Bonchev–Trinajstić information content (AvgIpc) is 2.92. The Hall–Kier alpha value is -0.980. The molecular weight excluding hydrogens is 266 g/mol. The van der Waals surface area contributed by atoms with E-state index in [4.69, 9.17) is 5.11 Å². The van der Waals surface area contributed by atoms with Crippen molar-refractivity contribution in [1.29, 1.82) is 0 Å². The smallest absolute Gasteiger partial charge is 0.0964 e. The molecule has 0 bridgehead atoms. The van der Waals surface area contributed by atoms with Crippen molar-refractivity contribution >= 4 is 0 Å². The van der Waals surface area contributed by atoms with Crippen molar-refractivity contribution in [2.75, 3.05) is 27.2 Å². The lowest BCUT2D eigenvalue weighted by Gasteiger charge is -2.31. The van der Waals surface area contributed by atoms with Gasteiger partial charge in [0.2, 0.25) is 0 Å². The van der Waals surface area contributed by atoms with Gasteiger partial charge in [0.1, 0.15) is 0 Å². The first-order chi connectivity index (χ1) is 10.1. The van der Waals surface area contributed by atoms with Crippen molar-refractivity contribution in [3.05, 3.63) is 11.9 Å². The van der Waals surface area contributed by atoms with Gasteiger partial charge in [-0.15, -0.1) is 5.10 Å². The average molecular weight is 297 g/mol. The first-order valence-electron chi connectivity index (χ1n) is 7.99. The summed E-state index contributed by atoms with van der Waals surface area (Å²) in [7, 11) is 4.30. The lowest BCUT2D eigenvalue weighted by Crippen LogP contribution is -2.42. The van der Waals surface area contributed by atoms with E-state index in [1.807, 2.05) is 6.20 Å². The van der Waals surface area contributed by atoms with Gasteiger partial charge in [0.15, 0.2) is 0 Å². The van der Waals surface area contributed by atoms with E-state index in [2.05, 4.69) is 48.5 Å². The van der Waals surface area contributed by atoms with Crippen LogP contribution in [0.2, 0.25) is 0 Å². The Bertz CT molecular complexity index is 376. The second kappa shape index (κ2) is 9.87. The minimum Gasteiger partial charge on any atom is -0.396 e. The molecule has 0 aliphatic heterocycles. The van der Waals surface area contributed by atoms with Crippen molar-refractivity contribution in [2.24, 2.45) is 5.92 Å². The molecule has 0 radical (unpaired) electrons. The van der Waals surface area contributed by atoms with Gasteiger partial charge in [0.05, 0.1) is 5.69 Å². The molecule has 1 aromatic heterocycles. The fraction of sp³-hybridized carbons (Fsp3) is 0.867. The summed E-state index contributed by atoms with van der Waals surface area (Å²) in [5.74, 6) is 0.715. The van der Waals surface area contributed by atoms with E-state index < -0.39 is 0 Å². The lowest BCUT2D eigenvalue weighted by molar-refractivity contribution is 0.193. The van der Waals surface area contributed by atoms with Crippen LogP contribution in [0, 0.1) is 5.92 Å². The van der Waals surface area contributed by atoms with E-state index in [0.29, 0.717) is 18.4 Å². The summed E-state index contributed by atoms with van der Waals surface area (Å²) in [6.07, 6.45) is 5.08. The Kier molecular flexibility index (Phi) is 8.49. The van der Waals surface area contributed by atoms with E-state index in [-0.39, 0.29) is 6.61 Å².